The number of nitrogens with one attached hydrogen (secondary N) is 1. The van der Waals surface area contributed by atoms with Crippen LogP contribution in [0, 0.1) is 0 Å². The van der Waals surface area contributed by atoms with Gasteiger partial charge in [-0.05, 0) is 44.4 Å². The normalized spacial score (nSPS) is 13.6. The summed E-state index contributed by atoms with van der Waals surface area (Å²) in [6, 6.07) is 14.7. The number of ether oxygens (including phenoxy) is 3. The fourth-order valence-electron chi connectivity index (χ4n) is 3.71. The highest BCUT2D eigenvalue weighted by molar-refractivity contribution is 6.36. The van der Waals surface area contributed by atoms with Gasteiger partial charge >= 0.3 is 0 Å². The minimum absolute atomic E-state index is 0.259. The van der Waals surface area contributed by atoms with Crippen molar-refractivity contribution in [2.45, 2.75) is 40.0 Å². The second kappa shape index (κ2) is 12.8. The van der Waals surface area contributed by atoms with Crippen molar-refractivity contribution in [2.24, 2.45) is 0 Å². The van der Waals surface area contributed by atoms with Gasteiger partial charge in [0.2, 0.25) is 0 Å². The average molecular weight is 467 g/mol. The molecule has 1 N–H and O–H groups in total. The number of hydrogen-bond donors (Lipinski definition) is 1. The number of hydrogen-bond acceptors (Lipinski definition) is 6. The zero-order chi connectivity index (χ0) is 24.3. The first-order chi connectivity index (χ1) is 16.6. The van der Waals surface area contributed by atoms with Crippen LogP contribution < -0.4 is 14.8 Å². The second-order valence-electron chi connectivity index (χ2n) is 7.85. The molecule has 0 spiro atoms. The van der Waals surface area contributed by atoms with E-state index < -0.39 is 0 Å². The van der Waals surface area contributed by atoms with E-state index >= 15 is 0 Å². The smallest absolute Gasteiger partial charge is 0.278 e. The van der Waals surface area contributed by atoms with Gasteiger partial charge in [-0.2, -0.15) is 0 Å². The molecule has 2 aromatic rings. The zero-order valence-corrected chi connectivity index (χ0v) is 20.3. The molecule has 182 valence electrons. The molecule has 1 aliphatic rings. The molecule has 0 unspecified atom stereocenters. The lowest BCUT2D eigenvalue weighted by atomic mass is 10.0. The SMILES string of the molecule is CCCCOCCCN1C(=O)C(Nc2ccc(OCC)c(OCC)c2)=C(c2ccccc2)C1=O. The quantitative estimate of drug-likeness (QED) is 0.316. The molecule has 34 heavy (non-hydrogen) atoms. The van der Waals surface area contributed by atoms with Crippen molar-refractivity contribution in [3.05, 3.63) is 59.8 Å². The van der Waals surface area contributed by atoms with Crippen molar-refractivity contribution in [1.29, 1.82) is 0 Å². The van der Waals surface area contributed by atoms with Gasteiger partial charge in [-0.1, -0.05) is 43.7 Å². The first-order valence-corrected chi connectivity index (χ1v) is 12.0. The molecule has 7 nitrogen and oxygen atoms in total. The molecule has 1 heterocycles. The summed E-state index contributed by atoms with van der Waals surface area (Å²) < 4.78 is 16.9. The minimum Gasteiger partial charge on any atom is -0.490 e. The number of anilines is 1. The van der Waals surface area contributed by atoms with Crippen molar-refractivity contribution in [1.82, 2.24) is 4.90 Å². The first-order valence-electron chi connectivity index (χ1n) is 12.0. The number of carbonyl (C=O) groups is 2. The van der Waals surface area contributed by atoms with Crippen molar-refractivity contribution in [3.63, 3.8) is 0 Å². The number of carbonyl (C=O) groups excluding carboxylic acids is 2. The highest BCUT2D eigenvalue weighted by atomic mass is 16.5. The number of imide groups is 1. The molecule has 7 heteroatoms. The summed E-state index contributed by atoms with van der Waals surface area (Å²) in [6.07, 6.45) is 2.66. The highest BCUT2D eigenvalue weighted by Gasteiger charge is 2.38. The fourth-order valence-corrected chi connectivity index (χ4v) is 3.71. The molecule has 0 aromatic heterocycles. The van der Waals surface area contributed by atoms with Gasteiger partial charge < -0.3 is 19.5 Å². The minimum atomic E-state index is -0.343. The van der Waals surface area contributed by atoms with E-state index in [4.69, 9.17) is 14.2 Å². The lowest BCUT2D eigenvalue weighted by Gasteiger charge is -2.16. The lowest BCUT2D eigenvalue weighted by Crippen LogP contribution is -2.34. The molecular weight excluding hydrogens is 432 g/mol. The van der Waals surface area contributed by atoms with E-state index in [1.54, 1.807) is 12.1 Å². The zero-order valence-electron chi connectivity index (χ0n) is 20.3. The summed E-state index contributed by atoms with van der Waals surface area (Å²) in [5.41, 5.74) is 1.96. The second-order valence-corrected chi connectivity index (χ2v) is 7.85. The largest absolute Gasteiger partial charge is 0.490 e. The summed E-state index contributed by atoms with van der Waals surface area (Å²) in [7, 11) is 0. The summed E-state index contributed by atoms with van der Waals surface area (Å²) in [5.74, 6) is 0.562. The van der Waals surface area contributed by atoms with Gasteiger partial charge in [0.15, 0.2) is 11.5 Å². The van der Waals surface area contributed by atoms with E-state index in [-0.39, 0.29) is 17.5 Å². The number of rotatable bonds is 14. The Labute approximate surface area is 201 Å². The van der Waals surface area contributed by atoms with Gasteiger partial charge in [0.05, 0.1) is 18.8 Å². The third-order valence-electron chi connectivity index (χ3n) is 5.36. The molecular formula is C27H34N2O5. The van der Waals surface area contributed by atoms with Crippen LogP contribution in [0.5, 0.6) is 11.5 Å². The molecule has 0 fully saturated rings. The maximum atomic E-state index is 13.3. The van der Waals surface area contributed by atoms with Crippen LogP contribution in [0.2, 0.25) is 0 Å². The molecule has 0 bridgehead atoms. The Bertz CT molecular complexity index is 1000. The molecule has 2 amide bonds. The van der Waals surface area contributed by atoms with Crippen molar-refractivity contribution < 1.29 is 23.8 Å². The predicted molar refractivity (Wildman–Crippen MR) is 133 cm³/mol. The van der Waals surface area contributed by atoms with E-state index in [1.165, 1.54) is 4.90 Å². The van der Waals surface area contributed by atoms with Gasteiger partial charge in [-0.15, -0.1) is 0 Å². The maximum absolute atomic E-state index is 13.3. The summed E-state index contributed by atoms with van der Waals surface area (Å²) >= 11 is 0. The molecule has 0 radical (unpaired) electrons. The maximum Gasteiger partial charge on any atom is 0.278 e. The summed E-state index contributed by atoms with van der Waals surface area (Å²) in [6.45, 7) is 8.42. The predicted octanol–water partition coefficient (Wildman–Crippen LogP) is 4.88. The molecule has 0 aliphatic carbocycles. The van der Waals surface area contributed by atoms with Crippen LogP contribution in [0.3, 0.4) is 0 Å². The van der Waals surface area contributed by atoms with Gasteiger partial charge in [-0.25, -0.2) is 0 Å². The fraction of sp³-hybridized carbons (Fsp3) is 0.407. The number of amides is 2. The van der Waals surface area contributed by atoms with Crippen LogP contribution in [-0.2, 0) is 14.3 Å². The van der Waals surface area contributed by atoms with Crippen LogP contribution in [-0.4, -0.2) is 49.7 Å². The van der Waals surface area contributed by atoms with Gasteiger partial charge in [0.1, 0.15) is 5.70 Å². The van der Waals surface area contributed by atoms with Gasteiger partial charge in [-0.3, -0.25) is 14.5 Å². The number of benzene rings is 2. The third-order valence-corrected chi connectivity index (χ3v) is 5.36. The van der Waals surface area contributed by atoms with E-state index in [0.29, 0.717) is 67.7 Å². The summed E-state index contributed by atoms with van der Waals surface area (Å²) in [4.78, 5) is 27.9. The number of unbranched alkanes of at least 4 members (excludes halogenated alkanes) is 1. The molecule has 0 atom stereocenters. The Kier molecular flexibility index (Phi) is 9.52. The van der Waals surface area contributed by atoms with Gasteiger partial charge in [0, 0.05) is 31.5 Å². The van der Waals surface area contributed by atoms with Crippen LogP contribution in [0.4, 0.5) is 5.69 Å². The molecule has 3 rings (SSSR count). The van der Waals surface area contributed by atoms with E-state index in [1.807, 2.05) is 50.2 Å². The average Bonchev–Trinajstić information content (AvgIpc) is 3.07. The van der Waals surface area contributed by atoms with Crippen LogP contribution in [0.1, 0.15) is 45.6 Å². The summed E-state index contributed by atoms with van der Waals surface area (Å²) in [5, 5.41) is 3.19. The standard InChI is InChI=1S/C27H34N2O5/c1-4-7-17-32-18-11-16-29-26(30)24(20-12-9-8-10-13-20)25(27(29)31)28-21-14-15-22(33-5-2)23(19-21)34-6-3/h8-10,12-15,19,28H,4-7,11,16-18H2,1-3H3. The number of nitrogens with zero attached hydrogens (tertiary/aromatic N) is 1. The monoisotopic (exact) mass is 466 g/mol. The lowest BCUT2D eigenvalue weighted by molar-refractivity contribution is -0.137. The van der Waals surface area contributed by atoms with Crippen LogP contribution >= 0.6 is 0 Å². The first kappa shape index (κ1) is 25.3. The van der Waals surface area contributed by atoms with E-state index in [9.17, 15) is 9.59 Å². The Balaban J connectivity index is 1.84. The van der Waals surface area contributed by atoms with Crippen molar-refractivity contribution >= 4 is 23.1 Å². The topological polar surface area (TPSA) is 77.1 Å². The van der Waals surface area contributed by atoms with Crippen LogP contribution in [0.15, 0.2) is 54.2 Å². The highest BCUT2D eigenvalue weighted by Crippen LogP contribution is 2.34. The van der Waals surface area contributed by atoms with Gasteiger partial charge in [0.25, 0.3) is 11.8 Å². The molecule has 0 saturated heterocycles. The molecule has 0 saturated carbocycles. The van der Waals surface area contributed by atoms with E-state index in [0.717, 1.165) is 12.8 Å². The van der Waals surface area contributed by atoms with E-state index in [2.05, 4.69) is 12.2 Å². The van der Waals surface area contributed by atoms with Crippen LogP contribution in [0.25, 0.3) is 5.57 Å². The Morgan fingerprint density at radius 2 is 1.53 bits per heavy atom. The molecule has 2 aromatic carbocycles. The Morgan fingerprint density at radius 1 is 0.824 bits per heavy atom. The Morgan fingerprint density at radius 3 is 2.24 bits per heavy atom. The van der Waals surface area contributed by atoms with Crippen molar-refractivity contribution in [2.75, 3.05) is 38.3 Å². The molecule has 1 aliphatic heterocycles. The van der Waals surface area contributed by atoms with Crippen molar-refractivity contribution in [3.8, 4) is 11.5 Å². The third kappa shape index (κ3) is 6.17. The Hall–Kier alpha value is -3.32.